The summed E-state index contributed by atoms with van der Waals surface area (Å²) in [5.74, 6) is 1.21. The third kappa shape index (κ3) is 8.74. The molecule has 2 unspecified atom stereocenters. The van der Waals surface area contributed by atoms with Crippen LogP contribution in [0, 0.1) is 29.1 Å². The first kappa shape index (κ1) is 30.5. The average molecular weight is 539 g/mol. The van der Waals surface area contributed by atoms with Gasteiger partial charge >= 0.3 is 11.9 Å². The summed E-state index contributed by atoms with van der Waals surface area (Å²) in [7, 11) is 0. The van der Waals surface area contributed by atoms with E-state index < -0.39 is 11.9 Å². The molecule has 0 aromatic heterocycles. The number of benzene rings is 2. The number of carbonyl (C=O) groups is 2. The highest BCUT2D eigenvalue weighted by atomic mass is 16.5. The van der Waals surface area contributed by atoms with Crippen LogP contribution in [0.3, 0.4) is 0 Å². The lowest BCUT2D eigenvalue weighted by atomic mass is 9.71. The molecule has 6 nitrogen and oxygen atoms in total. The quantitative estimate of drug-likeness (QED) is 0.378. The molecule has 2 aromatic rings. The molecule has 4 rings (SSSR count). The smallest absolute Gasteiger partial charge is 0.342 e. The number of ether oxygens (including phenoxy) is 2. The topological polar surface area (TPSA) is 93.1 Å². The molecular weight excluding hydrogens is 492 g/mol. The summed E-state index contributed by atoms with van der Waals surface area (Å²) in [5.41, 5.74) is 0.716. The van der Waals surface area contributed by atoms with Crippen molar-refractivity contribution in [3.8, 4) is 11.5 Å². The molecule has 2 aromatic carbocycles. The fraction of sp³-hybridized carbons (Fsp3) is 0.576. The number of carbonyl (C=O) groups excluding carboxylic acids is 2. The van der Waals surface area contributed by atoms with Gasteiger partial charge in [-0.05, 0) is 85.5 Å². The van der Waals surface area contributed by atoms with Crippen molar-refractivity contribution in [3.63, 3.8) is 0 Å². The van der Waals surface area contributed by atoms with Crippen molar-refractivity contribution in [1.82, 2.24) is 0 Å². The highest BCUT2D eigenvalue weighted by Gasteiger charge is 2.35. The standard InChI is InChI=1S/C17H24O3.C16H22O3/c1-11(2)13-9-8-12(3)10-16(13)20-17(19)14-6-4-5-7-15(14)18;1-11-8-12(10-16(2,3)9-11)19-15(18)13-6-4-5-7-14(13)17/h4-7,11-13,16,18H,8-10H2,1-3H3;4-7,11-12,17H,8-10H2,1-3H3/t12-,13+,16-;/m1./s1. The van der Waals surface area contributed by atoms with E-state index >= 15 is 0 Å². The Kier molecular flexibility index (Phi) is 10.5. The predicted octanol–water partition coefficient (Wildman–Crippen LogP) is 7.77. The van der Waals surface area contributed by atoms with Gasteiger partial charge in [-0.2, -0.15) is 0 Å². The fourth-order valence-electron chi connectivity index (χ4n) is 6.31. The van der Waals surface area contributed by atoms with Gasteiger partial charge in [0.2, 0.25) is 0 Å². The van der Waals surface area contributed by atoms with E-state index in [9.17, 15) is 19.8 Å². The molecule has 0 amide bonds. The molecule has 39 heavy (non-hydrogen) atoms. The molecule has 0 radical (unpaired) electrons. The first-order valence-corrected chi connectivity index (χ1v) is 14.3. The van der Waals surface area contributed by atoms with Gasteiger partial charge in [-0.3, -0.25) is 0 Å². The molecule has 2 N–H and O–H groups in total. The van der Waals surface area contributed by atoms with E-state index in [1.165, 1.54) is 18.6 Å². The fourth-order valence-corrected chi connectivity index (χ4v) is 6.31. The van der Waals surface area contributed by atoms with Crippen molar-refractivity contribution >= 4 is 11.9 Å². The number of hydrogen-bond donors (Lipinski definition) is 2. The van der Waals surface area contributed by atoms with E-state index in [0.29, 0.717) is 23.7 Å². The summed E-state index contributed by atoms with van der Waals surface area (Å²) in [5, 5.41) is 19.4. The molecule has 214 valence electrons. The second-order valence-corrected chi connectivity index (χ2v) is 12.7. The third-order valence-corrected chi connectivity index (χ3v) is 8.09. The predicted molar refractivity (Wildman–Crippen MR) is 153 cm³/mol. The van der Waals surface area contributed by atoms with E-state index in [1.54, 1.807) is 36.4 Å². The van der Waals surface area contributed by atoms with Gasteiger partial charge in [0.1, 0.15) is 34.8 Å². The number of phenols is 2. The number of esters is 2. The second kappa shape index (κ2) is 13.4. The Bertz CT molecular complexity index is 1110. The number of para-hydroxylation sites is 2. The Morgan fingerprint density at radius 2 is 1.33 bits per heavy atom. The Morgan fingerprint density at radius 1 is 0.795 bits per heavy atom. The molecule has 0 spiro atoms. The zero-order chi connectivity index (χ0) is 28.7. The minimum Gasteiger partial charge on any atom is -0.507 e. The van der Waals surface area contributed by atoms with Crippen LogP contribution in [0.2, 0.25) is 0 Å². The molecule has 5 atom stereocenters. The molecule has 0 saturated heterocycles. The first-order valence-electron chi connectivity index (χ1n) is 14.3. The van der Waals surface area contributed by atoms with Crippen molar-refractivity contribution in [2.45, 2.75) is 92.3 Å². The lowest BCUT2D eigenvalue weighted by molar-refractivity contribution is -0.0176. The Hall–Kier alpha value is -3.02. The van der Waals surface area contributed by atoms with E-state index in [1.807, 2.05) is 0 Å². The van der Waals surface area contributed by atoms with Gasteiger partial charge < -0.3 is 19.7 Å². The third-order valence-electron chi connectivity index (χ3n) is 8.09. The summed E-state index contributed by atoms with van der Waals surface area (Å²) in [4.78, 5) is 24.3. The number of hydrogen-bond acceptors (Lipinski definition) is 6. The van der Waals surface area contributed by atoms with Gasteiger partial charge in [0.25, 0.3) is 0 Å². The van der Waals surface area contributed by atoms with Gasteiger partial charge in [-0.1, -0.05) is 72.2 Å². The number of aromatic hydroxyl groups is 2. The maximum Gasteiger partial charge on any atom is 0.342 e. The van der Waals surface area contributed by atoms with Gasteiger partial charge in [0.05, 0.1) is 0 Å². The molecule has 6 heteroatoms. The molecule has 2 aliphatic rings. The van der Waals surface area contributed by atoms with E-state index in [0.717, 1.165) is 32.1 Å². The lowest BCUT2D eigenvalue weighted by Crippen LogP contribution is -2.35. The van der Waals surface area contributed by atoms with Gasteiger partial charge in [-0.25, -0.2) is 9.59 Å². The van der Waals surface area contributed by atoms with Crippen LogP contribution in [0.1, 0.15) is 101 Å². The lowest BCUT2D eigenvalue weighted by Gasteiger charge is -2.38. The van der Waals surface area contributed by atoms with Gasteiger partial charge in [-0.15, -0.1) is 0 Å². The SMILES string of the molecule is CC(C)[C@@H]1CC[C@@H](C)C[C@H]1OC(=O)c1ccccc1O.CC1CC(OC(=O)c2ccccc2O)CC(C)(C)C1. The maximum atomic E-state index is 12.2. The normalized spacial score (nSPS) is 26.2. The van der Waals surface area contributed by atoms with Gasteiger partial charge in [0.15, 0.2) is 0 Å². The van der Waals surface area contributed by atoms with Crippen molar-refractivity contribution in [2.75, 3.05) is 0 Å². The highest BCUT2D eigenvalue weighted by Crippen LogP contribution is 2.40. The van der Waals surface area contributed by atoms with Crippen molar-refractivity contribution in [1.29, 1.82) is 0 Å². The molecular formula is C33H46O6. The number of rotatable bonds is 5. The van der Waals surface area contributed by atoms with Gasteiger partial charge in [0, 0.05) is 0 Å². The Morgan fingerprint density at radius 3 is 1.85 bits per heavy atom. The molecule has 0 bridgehead atoms. The van der Waals surface area contributed by atoms with Crippen molar-refractivity contribution in [3.05, 3.63) is 59.7 Å². The summed E-state index contributed by atoms with van der Waals surface area (Å²) >= 11 is 0. The summed E-state index contributed by atoms with van der Waals surface area (Å²) in [6, 6.07) is 13.1. The van der Waals surface area contributed by atoms with Crippen LogP contribution < -0.4 is 0 Å². The monoisotopic (exact) mass is 538 g/mol. The molecule has 2 fully saturated rings. The van der Waals surface area contributed by atoms with Crippen molar-refractivity contribution < 1.29 is 29.3 Å². The summed E-state index contributed by atoms with van der Waals surface area (Å²) in [6.45, 7) is 13.2. The van der Waals surface area contributed by atoms with Crippen LogP contribution in [0.25, 0.3) is 0 Å². The van der Waals surface area contributed by atoms with Crippen LogP contribution in [0.15, 0.2) is 48.5 Å². The van der Waals surface area contributed by atoms with Crippen LogP contribution in [0.5, 0.6) is 11.5 Å². The zero-order valence-corrected chi connectivity index (χ0v) is 24.4. The Labute approximate surface area is 233 Å². The number of phenolic OH excluding ortho intramolecular Hbond substituents is 2. The first-order chi connectivity index (χ1) is 18.4. The van der Waals surface area contributed by atoms with Crippen LogP contribution in [0.4, 0.5) is 0 Å². The zero-order valence-electron chi connectivity index (χ0n) is 24.4. The van der Waals surface area contributed by atoms with E-state index in [4.69, 9.17) is 9.47 Å². The molecule has 2 aliphatic carbocycles. The van der Waals surface area contributed by atoms with E-state index in [-0.39, 0.29) is 40.2 Å². The minimum absolute atomic E-state index is 0.0116. The molecule has 0 aliphatic heterocycles. The highest BCUT2D eigenvalue weighted by molar-refractivity contribution is 5.93. The van der Waals surface area contributed by atoms with Crippen LogP contribution in [-0.4, -0.2) is 34.4 Å². The van der Waals surface area contributed by atoms with Crippen LogP contribution >= 0.6 is 0 Å². The van der Waals surface area contributed by atoms with Crippen LogP contribution in [-0.2, 0) is 9.47 Å². The largest absolute Gasteiger partial charge is 0.507 e. The summed E-state index contributed by atoms with van der Waals surface area (Å²) < 4.78 is 11.3. The minimum atomic E-state index is -0.423. The maximum absolute atomic E-state index is 12.2. The molecule has 0 heterocycles. The second-order valence-electron chi connectivity index (χ2n) is 12.7. The summed E-state index contributed by atoms with van der Waals surface area (Å²) in [6.07, 6.45) is 6.10. The average Bonchev–Trinajstić information content (AvgIpc) is 2.83. The molecule has 2 saturated carbocycles. The van der Waals surface area contributed by atoms with Crippen molar-refractivity contribution in [2.24, 2.45) is 29.1 Å². The van der Waals surface area contributed by atoms with E-state index in [2.05, 4.69) is 41.5 Å². The Balaban J connectivity index is 0.000000216.